The van der Waals surface area contributed by atoms with Gasteiger partial charge >= 0.3 is 0 Å². The van der Waals surface area contributed by atoms with Crippen LogP contribution in [0, 0.1) is 5.92 Å². The highest BCUT2D eigenvalue weighted by molar-refractivity contribution is 5.27. The highest BCUT2D eigenvalue weighted by atomic mass is 16.5. The minimum atomic E-state index is 0.322. The van der Waals surface area contributed by atoms with Gasteiger partial charge in [-0.1, -0.05) is 6.92 Å². The summed E-state index contributed by atoms with van der Waals surface area (Å²) in [5.41, 5.74) is 1.22. The largest absolute Gasteiger partial charge is 0.492 e. The van der Waals surface area contributed by atoms with Crippen molar-refractivity contribution in [2.45, 2.75) is 51.4 Å². The van der Waals surface area contributed by atoms with Gasteiger partial charge in [-0.3, -0.25) is 4.98 Å². The third kappa shape index (κ3) is 2.67. The lowest BCUT2D eigenvalue weighted by Crippen LogP contribution is -2.33. The Morgan fingerprint density at radius 3 is 2.95 bits per heavy atom. The molecule has 0 amide bonds. The van der Waals surface area contributed by atoms with E-state index in [2.05, 4.69) is 23.3 Å². The molecule has 110 valence electrons. The Balaban J connectivity index is 1.81. The number of nitrogens with zero attached hydrogens (tertiary/aromatic N) is 1. The van der Waals surface area contributed by atoms with Crippen LogP contribution in [0.15, 0.2) is 18.5 Å². The Morgan fingerprint density at radius 1 is 1.40 bits per heavy atom. The summed E-state index contributed by atoms with van der Waals surface area (Å²) in [4.78, 5) is 4.33. The molecule has 4 nitrogen and oxygen atoms in total. The summed E-state index contributed by atoms with van der Waals surface area (Å²) in [5, 5.41) is 3.62. The second-order valence-corrected chi connectivity index (χ2v) is 5.70. The van der Waals surface area contributed by atoms with Gasteiger partial charge in [-0.15, -0.1) is 0 Å². The molecule has 1 N–H and O–H groups in total. The van der Waals surface area contributed by atoms with Gasteiger partial charge in [0, 0.05) is 18.2 Å². The standard InChI is InChI=1S/C16H24N2O2/c1-3-18-16(14-8-12-5-6-15(14)20-12)11-7-13(19-4-2)10-17-9-11/h7,9-10,12,14-16,18H,3-6,8H2,1-2H3. The fraction of sp³-hybridized carbons (Fsp3) is 0.688. The fourth-order valence-electron chi connectivity index (χ4n) is 3.62. The Bertz CT molecular complexity index is 452. The van der Waals surface area contributed by atoms with E-state index < -0.39 is 0 Å². The van der Waals surface area contributed by atoms with Gasteiger partial charge in [0.1, 0.15) is 5.75 Å². The Kier molecular flexibility index (Phi) is 4.22. The van der Waals surface area contributed by atoms with Crippen LogP contribution in [-0.4, -0.2) is 30.3 Å². The highest BCUT2D eigenvalue weighted by Gasteiger charge is 2.44. The highest BCUT2D eigenvalue weighted by Crippen LogP contribution is 2.44. The molecule has 1 aromatic heterocycles. The number of hydrogen-bond acceptors (Lipinski definition) is 4. The van der Waals surface area contributed by atoms with E-state index in [1.54, 1.807) is 6.20 Å². The van der Waals surface area contributed by atoms with Crippen molar-refractivity contribution in [2.24, 2.45) is 5.92 Å². The molecule has 0 spiro atoms. The number of hydrogen-bond donors (Lipinski definition) is 1. The average molecular weight is 276 g/mol. The van der Waals surface area contributed by atoms with Crippen molar-refractivity contribution < 1.29 is 9.47 Å². The second kappa shape index (κ2) is 6.10. The van der Waals surface area contributed by atoms with Crippen molar-refractivity contribution in [3.8, 4) is 5.75 Å². The van der Waals surface area contributed by atoms with Crippen LogP contribution >= 0.6 is 0 Å². The van der Waals surface area contributed by atoms with Crippen LogP contribution in [0.5, 0.6) is 5.75 Å². The molecule has 4 heteroatoms. The summed E-state index contributed by atoms with van der Waals surface area (Å²) in [5.74, 6) is 1.42. The summed E-state index contributed by atoms with van der Waals surface area (Å²) < 4.78 is 11.6. The first-order valence-corrected chi connectivity index (χ1v) is 7.78. The summed E-state index contributed by atoms with van der Waals surface area (Å²) in [7, 11) is 0. The first kappa shape index (κ1) is 13.8. The number of pyridine rings is 1. The van der Waals surface area contributed by atoms with Gasteiger partial charge in [0.25, 0.3) is 0 Å². The zero-order valence-electron chi connectivity index (χ0n) is 12.3. The second-order valence-electron chi connectivity index (χ2n) is 5.70. The normalized spacial score (nSPS) is 29.6. The minimum Gasteiger partial charge on any atom is -0.492 e. The zero-order chi connectivity index (χ0) is 13.9. The van der Waals surface area contributed by atoms with Gasteiger partial charge in [0.15, 0.2) is 0 Å². The number of ether oxygens (including phenoxy) is 2. The number of nitrogens with one attached hydrogen (secondary N) is 1. The van der Waals surface area contributed by atoms with Gasteiger partial charge in [-0.2, -0.15) is 0 Å². The fourth-order valence-corrected chi connectivity index (χ4v) is 3.62. The van der Waals surface area contributed by atoms with Crippen LogP contribution in [-0.2, 0) is 4.74 Å². The molecular formula is C16H24N2O2. The maximum atomic E-state index is 6.02. The molecule has 0 saturated carbocycles. The first-order chi connectivity index (χ1) is 9.81. The van der Waals surface area contributed by atoms with Crippen LogP contribution in [0.1, 0.15) is 44.7 Å². The SMILES string of the molecule is CCNC(c1cncc(OCC)c1)C1CC2CCC1O2. The van der Waals surface area contributed by atoms with Crippen LogP contribution in [0.2, 0.25) is 0 Å². The van der Waals surface area contributed by atoms with Crippen LogP contribution < -0.4 is 10.1 Å². The third-order valence-electron chi connectivity index (χ3n) is 4.41. The monoisotopic (exact) mass is 276 g/mol. The molecule has 2 bridgehead atoms. The van der Waals surface area contributed by atoms with E-state index in [9.17, 15) is 0 Å². The lowest BCUT2D eigenvalue weighted by molar-refractivity contribution is 0.0857. The van der Waals surface area contributed by atoms with Gasteiger partial charge in [0.05, 0.1) is 25.0 Å². The summed E-state index contributed by atoms with van der Waals surface area (Å²) in [6.07, 6.45) is 8.25. The van der Waals surface area contributed by atoms with Crippen LogP contribution in [0.3, 0.4) is 0 Å². The van der Waals surface area contributed by atoms with Crippen molar-refractivity contribution in [3.63, 3.8) is 0 Å². The van der Waals surface area contributed by atoms with Gasteiger partial charge in [-0.05, 0) is 44.4 Å². The number of rotatable bonds is 6. The molecule has 4 unspecified atom stereocenters. The van der Waals surface area contributed by atoms with Crippen molar-refractivity contribution in [1.29, 1.82) is 0 Å². The number of aromatic nitrogens is 1. The van der Waals surface area contributed by atoms with Crippen LogP contribution in [0.25, 0.3) is 0 Å². The van der Waals surface area contributed by atoms with E-state index in [4.69, 9.17) is 9.47 Å². The maximum absolute atomic E-state index is 6.02. The topological polar surface area (TPSA) is 43.4 Å². The van der Waals surface area contributed by atoms with Crippen molar-refractivity contribution >= 4 is 0 Å². The molecule has 0 radical (unpaired) electrons. The Labute approximate surface area is 120 Å². The van der Waals surface area contributed by atoms with E-state index in [0.29, 0.717) is 30.8 Å². The molecule has 3 rings (SSSR count). The summed E-state index contributed by atoms with van der Waals surface area (Å²) >= 11 is 0. The predicted octanol–water partition coefficient (Wildman–Crippen LogP) is 2.70. The third-order valence-corrected chi connectivity index (χ3v) is 4.41. The lowest BCUT2D eigenvalue weighted by atomic mass is 9.81. The Hall–Kier alpha value is -1.13. The van der Waals surface area contributed by atoms with Gasteiger partial charge < -0.3 is 14.8 Å². The molecule has 4 atom stereocenters. The molecule has 20 heavy (non-hydrogen) atoms. The van der Waals surface area contributed by atoms with Gasteiger partial charge in [0.2, 0.25) is 0 Å². The van der Waals surface area contributed by atoms with E-state index in [1.165, 1.54) is 24.8 Å². The number of fused-ring (bicyclic) bond motifs is 2. The van der Waals surface area contributed by atoms with E-state index in [1.807, 2.05) is 13.1 Å². The molecular weight excluding hydrogens is 252 g/mol. The van der Waals surface area contributed by atoms with E-state index >= 15 is 0 Å². The summed E-state index contributed by atoms with van der Waals surface area (Å²) in [6.45, 7) is 5.78. The molecule has 1 aromatic rings. The smallest absolute Gasteiger partial charge is 0.137 e. The maximum Gasteiger partial charge on any atom is 0.137 e. The van der Waals surface area contributed by atoms with Crippen molar-refractivity contribution in [2.75, 3.05) is 13.2 Å². The Morgan fingerprint density at radius 2 is 2.30 bits per heavy atom. The predicted molar refractivity (Wildman–Crippen MR) is 77.8 cm³/mol. The molecule has 0 aromatic carbocycles. The molecule has 2 saturated heterocycles. The average Bonchev–Trinajstić information content (AvgIpc) is 3.08. The van der Waals surface area contributed by atoms with Crippen molar-refractivity contribution in [1.82, 2.24) is 10.3 Å². The van der Waals surface area contributed by atoms with Crippen LogP contribution in [0.4, 0.5) is 0 Å². The molecule has 2 fully saturated rings. The van der Waals surface area contributed by atoms with E-state index in [-0.39, 0.29) is 0 Å². The quantitative estimate of drug-likeness (QED) is 0.867. The zero-order valence-corrected chi connectivity index (χ0v) is 12.3. The molecule has 2 aliphatic heterocycles. The summed E-state index contributed by atoms with van der Waals surface area (Å²) in [6, 6.07) is 2.44. The molecule has 3 heterocycles. The molecule has 0 aliphatic carbocycles. The van der Waals surface area contributed by atoms with Crippen molar-refractivity contribution in [3.05, 3.63) is 24.0 Å². The lowest BCUT2D eigenvalue weighted by Gasteiger charge is -2.29. The first-order valence-electron chi connectivity index (χ1n) is 7.78. The molecule has 2 aliphatic rings. The minimum absolute atomic E-state index is 0.322. The van der Waals surface area contributed by atoms with E-state index in [0.717, 1.165) is 12.3 Å². The van der Waals surface area contributed by atoms with Gasteiger partial charge in [-0.25, -0.2) is 0 Å².